The summed E-state index contributed by atoms with van der Waals surface area (Å²) in [4.78, 5) is 19.7. The van der Waals surface area contributed by atoms with E-state index in [4.69, 9.17) is 0 Å². The Morgan fingerprint density at radius 1 is 1.15 bits per heavy atom. The van der Waals surface area contributed by atoms with Gasteiger partial charge in [-0.05, 0) is 25.7 Å². The third-order valence-corrected chi connectivity index (χ3v) is 3.48. The molecule has 0 saturated heterocycles. The van der Waals surface area contributed by atoms with Gasteiger partial charge in [-0.2, -0.15) is 15.0 Å². The number of hydrogen-bond acceptors (Lipinski definition) is 6. The first kappa shape index (κ1) is 12.8. The van der Waals surface area contributed by atoms with Crippen LogP contribution < -0.4 is 10.2 Å². The average Bonchev–Trinajstić information content (AvgIpc) is 2.90. The molecule has 0 amide bonds. The predicted octanol–water partition coefficient (Wildman–Crippen LogP) is 1.04. The van der Waals surface area contributed by atoms with Crippen molar-refractivity contribution >= 4 is 11.9 Å². The minimum absolute atomic E-state index is 0.567. The lowest BCUT2D eigenvalue weighted by molar-refractivity contribution is 0.651. The fourth-order valence-electron chi connectivity index (χ4n) is 2.41. The second-order valence-corrected chi connectivity index (χ2v) is 5.12. The monoisotopic (exact) mass is 273 g/mol. The van der Waals surface area contributed by atoms with E-state index in [9.17, 15) is 0 Å². The van der Waals surface area contributed by atoms with E-state index >= 15 is 0 Å². The van der Waals surface area contributed by atoms with Gasteiger partial charge < -0.3 is 10.2 Å². The van der Waals surface area contributed by atoms with Gasteiger partial charge in [0.1, 0.15) is 6.33 Å². The van der Waals surface area contributed by atoms with E-state index in [2.05, 4.69) is 25.3 Å². The van der Waals surface area contributed by atoms with E-state index in [1.165, 1.54) is 24.2 Å². The molecule has 0 bridgehead atoms. The van der Waals surface area contributed by atoms with Crippen LogP contribution >= 0.6 is 0 Å². The highest BCUT2D eigenvalue weighted by atomic mass is 15.3. The molecule has 2 aromatic heterocycles. The number of nitrogens with one attached hydrogen (secondary N) is 1. The first-order chi connectivity index (χ1) is 9.69. The summed E-state index contributed by atoms with van der Waals surface area (Å²) in [5, 5.41) is 2.98. The summed E-state index contributed by atoms with van der Waals surface area (Å²) < 4.78 is 1.99. The van der Waals surface area contributed by atoms with E-state index in [1.807, 2.05) is 36.9 Å². The van der Waals surface area contributed by atoms with Crippen molar-refractivity contribution in [1.29, 1.82) is 0 Å². The fourth-order valence-corrected chi connectivity index (χ4v) is 2.41. The van der Waals surface area contributed by atoms with Crippen molar-refractivity contribution in [2.75, 3.05) is 31.4 Å². The molecule has 1 N–H and O–H groups in total. The Morgan fingerprint density at radius 2 is 1.95 bits per heavy atom. The highest BCUT2D eigenvalue weighted by molar-refractivity contribution is 5.39. The second-order valence-electron chi connectivity index (χ2n) is 5.12. The van der Waals surface area contributed by atoms with Crippen molar-refractivity contribution in [2.45, 2.75) is 25.7 Å². The molecule has 106 valence electrons. The zero-order chi connectivity index (χ0) is 14.1. The SMILES string of the molecule is CNc1nc(N(C)C)nc(-n2cnc3c2CCCC3)n1. The molecule has 0 unspecified atom stereocenters. The van der Waals surface area contributed by atoms with Crippen LogP contribution in [0.3, 0.4) is 0 Å². The molecule has 2 heterocycles. The Balaban J connectivity index is 2.09. The van der Waals surface area contributed by atoms with Crippen LogP contribution in [0.4, 0.5) is 11.9 Å². The van der Waals surface area contributed by atoms with Crippen molar-refractivity contribution in [3.63, 3.8) is 0 Å². The number of aryl methyl sites for hydroxylation is 1. The topological polar surface area (TPSA) is 71.8 Å². The third kappa shape index (κ3) is 2.19. The Bertz CT molecular complexity index is 617. The fraction of sp³-hybridized carbons (Fsp3) is 0.538. The van der Waals surface area contributed by atoms with Crippen molar-refractivity contribution in [3.05, 3.63) is 17.7 Å². The van der Waals surface area contributed by atoms with E-state index in [-0.39, 0.29) is 0 Å². The number of nitrogens with zero attached hydrogens (tertiary/aromatic N) is 6. The lowest BCUT2D eigenvalue weighted by Crippen LogP contribution is -2.17. The Hall–Kier alpha value is -2.18. The van der Waals surface area contributed by atoms with Crippen molar-refractivity contribution in [3.8, 4) is 5.95 Å². The number of aromatic nitrogens is 5. The molecule has 0 aliphatic heterocycles. The molecule has 2 aromatic rings. The third-order valence-electron chi connectivity index (χ3n) is 3.48. The summed E-state index contributed by atoms with van der Waals surface area (Å²) >= 11 is 0. The Morgan fingerprint density at radius 3 is 2.70 bits per heavy atom. The van der Waals surface area contributed by atoms with E-state index in [0.717, 1.165) is 12.8 Å². The number of rotatable bonds is 3. The van der Waals surface area contributed by atoms with Gasteiger partial charge in [0.05, 0.1) is 5.69 Å². The molecule has 3 rings (SSSR count). The Kier molecular flexibility index (Phi) is 3.25. The van der Waals surface area contributed by atoms with Crippen molar-refractivity contribution < 1.29 is 0 Å². The quantitative estimate of drug-likeness (QED) is 0.901. The molecule has 0 atom stereocenters. The minimum atomic E-state index is 0.567. The van der Waals surface area contributed by atoms with Gasteiger partial charge in [-0.1, -0.05) is 0 Å². The number of fused-ring (bicyclic) bond motifs is 1. The summed E-state index contributed by atoms with van der Waals surface area (Å²) in [5.74, 6) is 1.83. The number of imidazole rings is 1. The molecule has 0 fully saturated rings. The molecule has 0 saturated carbocycles. The highest BCUT2D eigenvalue weighted by Crippen LogP contribution is 2.22. The summed E-state index contributed by atoms with van der Waals surface area (Å²) in [6.07, 6.45) is 6.32. The van der Waals surface area contributed by atoms with Gasteiger partial charge in [0, 0.05) is 26.8 Å². The molecule has 0 aromatic carbocycles. The summed E-state index contributed by atoms with van der Waals surface area (Å²) in [6, 6.07) is 0. The van der Waals surface area contributed by atoms with Crippen LogP contribution in [0.25, 0.3) is 5.95 Å². The molecule has 7 heteroatoms. The number of hydrogen-bond donors (Lipinski definition) is 1. The van der Waals surface area contributed by atoms with Crippen LogP contribution in [-0.4, -0.2) is 45.6 Å². The Labute approximate surface area is 118 Å². The summed E-state index contributed by atoms with van der Waals surface area (Å²) in [6.45, 7) is 0. The predicted molar refractivity (Wildman–Crippen MR) is 77.5 cm³/mol. The lowest BCUT2D eigenvalue weighted by Gasteiger charge is -2.15. The average molecular weight is 273 g/mol. The smallest absolute Gasteiger partial charge is 0.241 e. The van der Waals surface area contributed by atoms with Crippen molar-refractivity contribution in [2.24, 2.45) is 0 Å². The molecule has 0 spiro atoms. The zero-order valence-electron chi connectivity index (χ0n) is 12.1. The minimum Gasteiger partial charge on any atom is -0.357 e. The van der Waals surface area contributed by atoms with Gasteiger partial charge in [-0.25, -0.2) is 4.98 Å². The van der Waals surface area contributed by atoms with Gasteiger partial charge in [0.25, 0.3) is 0 Å². The van der Waals surface area contributed by atoms with Crippen LogP contribution in [0.2, 0.25) is 0 Å². The standard InChI is InChI=1S/C13H19N7/c1-14-11-16-12(19(2)3)18-13(17-11)20-8-15-9-6-4-5-7-10(9)20/h8H,4-7H2,1-3H3,(H,14,16,17,18). The van der Waals surface area contributed by atoms with E-state index < -0.39 is 0 Å². The van der Waals surface area contributed by atoms with Crippen LogP contribution in [-0.2, 0) is 12.8 Å². The summed E-state index contributed by atoms with van der Waals surface area (Å²) in [5.41, 5.74) is 2.41. The van der Waals surface area contributed by atoms with Crippen LogP contribution in [0.15, 0.2) is 6.33 Å². The van der Waals surface area contributed by atoms with Gasteiger partial charge in [-0.15, -0.1) is 0 Å². The van der Waals surface area contributed by atoms with Crippen LogP contribution in [0, 0.1) is 0 Å². The highest BCUT2D eigenvalue weighted by Gasteiger charge is 2.18. The second kappa shape index (κ2) is 5.07. The van der Waals surface area contributed by atoms with Gasteiger partial charge in [0.2, 0.25) is 17.8 Å². The first-order valence-corrected chi connectivity index (χ1v) is 6.85. The van der Waals surface area contributed by atoms with Crippen LogP contribution in [0.1, 0.15) is 24.2 Å². The molecule has 1 aliphatic carbocycles. The normalized spacial score (nSPS) is 13.9. The van der Waals surface area contributed by atoms with Crippen LogP contribution in [0.5, 0.6) is 0 Å². The van der Waals surface area contributed by atoms with E-state index in [0.29, 0.717) is 17.8 Å². The largest absolute Gasteiger partial charge is 0.357 e. The maximum Gasteiger partial charge on any atom is 0.241 e. The van der Waals surface area contributed by atoms with Crippen molar-refractivity contribution in [1.82, 2.24) is 24.5 Å². The molecule has 0 radical (unpaired) electrons. The van der Waals surface area contributed by atoms with Gasteiger partial charge >= 0.3 is 0 Å². The number of anilines is 2. The van der Waals surface area contributed by atoms with Gasteiger partial charge in [0.15, 0.2) is 0 Å². The molecular formula is C13H19N7. The first-order valence-electron chi connectivity index (χ1n) is 6.85. The van der Waals surface area contributed by atoms with Gasteiger partial charge in [-0.3, -0.25) is 4.57 Å². The molecule has 1 aliphatic rings. The maximum atomic E-state index is 4.52. The zero-order valence-corrected chi connectivity index (χ0v) is 12.1. The lowest BCUT2D eigenvalue weighted by atomic mass is 10.0. The summed E-state index contributed by atoms with van der Waals surface area (Å²) in [7, 11) is 5.64. The molecule has 20 heavy (non-hydrogen) atoms. The molecule has 7 nitrogen and oxygen atoms in total. The molecular weight excluding hydrogens is 254 g/mol. The van der Waals surface area contributed by atoms with E-state index in [1.54, 1.807) is 0 Å². The maximum absolute atomic E-state index is 4.52.